The van der Waals surface area contributed by atoms with E-state index in [4.69, 9.17) is 14.5 Å². The van der Waals surface area contributed by atoms with E-state index in [1.807, 2.05) is 23.3 Å². The van der Waals surface area contributed by atoms with Crippen molar-refractivity contribution < 1.29 is 22.6 Å². The number of fused-ring (bicyclic) bond motifs is 3. The number of morpholine rings is 1. The molecule has 0 bridgehead atoms. The minimum Gasteiger partial charge on any atom is -0.378 e. The second kappa shape index (κ2) is 7.38. The molecule has 0 aromatic carbocycles. The fourth-order valence-corrected chi connectivity index (χ4v) is 4.20. The van der Waals surface area contributed by atoms with Crippen molar-refractivity contribution in [2.45, 2.75) is 39.1 Å². The summed E-state index contributed by atoms with van der Waals surface area (Å²) in [7, 11) is 0. The number of rotatable bonds is 2. The Hall–Kier alpha value is -2.79. The third-order valence-corrected chi connectivity index (χ3v) is 5.79. The summed E-state index contributed by atoms with van der Waals surface area (Å²) in [5, 5.41) is 0. The lowest BCUT2D eigenvalue weighted by Gasteiger charge is -2.30. The number of anilines is 1. The van der Waals surface area contributed by atoms with Gasteiger partial charge in [-0.25, -0.2) is 15.0 Å². The standard InChI is InChI=1S/C21H23F3N6O2/c1-12-10-14(21(22,23)24)13(11-25-12)16-27-17(29-4-7-31-8-5-29)15-18(28-16)30-6-9-32-20(2,3)19(30)26-15/h10-11H,4-9H2,1-3H3. The molecule has 170 valence electrons. The van der Waals surface area contributed by atoms with Crippen molar-refractivity contribution in [3.63, 3.8) is 0 Å². The first kappa shape index (κ1) is 21.1. The highest BCUT2D eigenvalue weighted by molar-refractivity contribution is 5.87. The average molecular weight is 448 g/mol. The van der Waals surface area contributed by atoms with Gasteiger partial charge >= 0.3 is 6.18 Å². The molecule has 0 radical (unpaired) electrons. The molecule has 0 saturated carbocycles. The smallest absolute Gasteiger partial charge is 0.378 e. The number of imidazole rings is 1. The topological polar surface area (TPSA) is 78.2 Å². The number of aromatic nitrogens is 5. The fraction of sp³-hybridized carbons (Fsp3) is 0.524. The van der Waals surface area contributed by atoms with Crippen LogP contribution in [0.2, 0.25) is 0 Å². The Labute approximate surface area is 182 Å². The van der Waals surface area contributed by atoms with Gasteiger partial charge in [0, 0.05) is 37.1 Å². The largest absolute Gasteiger partial charge is 0.417 e. The van der Waals surface area contributed by atoms with E-state index in [0.29, 0.717) is 62.3 Å². The van der Waals surface area contributed by atoms with Crippen LogP contribution in [0.1, 0.15) is 30.9 Å². The Bertz CT molecular complexity index is 1180. The van der Waals surface area contributed by atoms with Crippen molar-refractivity contribution in [1.29, 1.82) is 0 Å². The predicted molar refractivity (Wildman–Crippen MR) is 110 cm³/mol. The van der Waals surface area contributed by atoms with Crippen LogP contribution in [0.25, 0.3) is 22.6 Å². The molecule has 1 saturated heterocycles. The number of aryl methyl sites for hydroxylation is 1. The first-order chi connectivity index (χ1) is 15.1. The van der Waals surface area contributed by atoms with Crippen LogP contribution < -0.4 is 4.90 Å². The molecule has 5 heterocycles. The maximum Gasteiger partial charge on any atom is 0.417 e. The number of nitrogens with zero attached hydrogens (tertiary/aromatic N) is 6. The molecule has 1 fully saturated rings. The third kappa shape index (κ3) is 3.49. The molecule has 3 aromatic rings. The van der Waals surface area contributed by atoms with Gasteiger partial charge in [0.05, 0.1) is 25.4 Å². The molecule has 0 spiro atoms. The number of hydrogen-bond donors (Lipinski definition) is 0. The Morgan fingerprint density at radius 3 is 2.50 bits per heavy atom. The molecule has 2 aliphatic rings. The van der Waals surface area contributed by atoms with Gasteiger partial charge in [0.2, 0.25) is 0 Å². The normalized spacial score (nSPS) is 18.8. The molecule has 0 aliphatic carbocycles. The summed E-state index contributed by atoms with van der Waals surface area (Å²) < 4.78 is 54.8. The molecule has 8 nitrogen and oxygen atoms in total. The van der Waals surface area contributed by atoms with Gasteiger partial charge in [-0.3, -0.25) is 4.98 Å². The van der Waals surface area contributed by atoms with Gasteiger partial charge in [-0.15, -0.1) is 0 Å². The van der Waals surface area contributed by atoms with Crippen LogP contribution in [0.15, 0.2) is 12.3 Å². The fourth-order valence-electron chi connectivity index (χ4n) is 4.20. The zero-order valence-electron chi connectivity index (χ0n) is 18.0. The molecule has 2 aliphatic heterocycles. The van der Waals surface area contributed by atoms with Crippen molar-refractivity contribution in [2.24, 2.45) is 0 Å². The van der Waals surface area contributed by atoms with Crippen molar-refractivity contribution >= 4 is 17.0 Å². The van der Waals surface area contributed by atoms with Gasteiger partial charge in [-0.1, -0.05) is 0 Å². The van der Waals surface area contributed by atoms with Crippen molar-refractivity contribution in [3.8, 4) is 11.4 Å². The minimum absolute atomic E-state index is 0.0224. The minimum atomic E-state index is -4.56. The summed E-state index contributed by atoms with van der Waals surface area (Å²) in [5.74, 6) is 1.16. The molecule has 5 rings (SSSR count). The quantitative estimate of drug-likeness (QED) is 0.595. The maximum absolute atomic E-state index is 13.9. The zero-order chi connectivity index (χ0) is 22.7. The lowest BCUT2D eigenvalue weighted by molar-refractivity contribution is -0.137. The Morgan fingerprint density at radius 1 is 1.03 bits per heavy atom. The summed E-state index contributed by atoms with van der Waals surface area (Å²) in [5.41, 5.74) is -0.282. The molecule has 0 atom stereocenters. The SMILES string of the molecule is Cc1cc(C(F)(F)F)c(-c2nc(N3CCOCC3)c3nc4n(c3n2)CCOC4(C)C)cn1. The average Bonchev–Trinajstić information content (AvgIpc) is 3.13. The molecular weight excluding hydrogens is 425 g/mol. The van der Waals surface area contributed by atoms with Crippen LogP contribution in [0.4, 0.5) is 19.0 Å². The third-order valence-electron chi connectivity index (χ3n) is 5.79. The summed E-state index contributed by atoms with van der Waals surface area (Å²) in [6.07, 6.45) is -3.36. The molecule has 0 N–H and O–H groups in total. The second-order valence-electron chi connectivity index (χ2n) is 8.46. The lowest BCUT2D eigenvalue weighted by atomic mass is 10.1. The molecule has 11 heteroatoms. The predicted octanol–water partition coefficient (Wildman–Crippen LogP) is 3.32. The lowest BCUT2D eigenvalue weighted by Crippen LogP contribution is -2.37. The van der Waals surface area contributed by atoms with Gasteiger partial charge in [-0.2, -0.15) is 13.2 Å². The monoisotopic (exact) mass is 448 g/mol. The van der Waals surface area contributed by atoms with Gasteiger partial charge < -0.3 is 18.9 Å². The van der Waals surface area contributed by atoms with Crippen LogP contribution in [-0.2, 0) is 27.8 Å². The van der Waals surface area contributed by atoms with E-state index in [9.17, 15) is 13.2 Å². The van der Waals surface area contributed by atoms with E-state index in [1.54, 1.807) is 0 Å². The highest BCUT2D eigenvalue weighted by Crippen LogP contribution is 2.39. The zero-order valence-corrected chi connectivity index (χ0v) is 18.0. The van der Waals surface area contributed by atoms with Gasteiger partial charge in [0.15, 0.2) is 22.8 Å². The van der Waals surface area contributed by atoms with Gasteiger partial charge in [-0.05, 0) is 26.8 Å². The van der Waals surface area contributed by atoms with Crippen LogP contribution in [0.3, 0.4) is 0 Å². The molecule has 0 amide bonds. The highest BCUT2D eigenvalue weighted by atomic mass is 19.4. The molecule has 3 aromatic heterocycles. The van der Waals surface area contributed by atoms with E-state index >= 15 is 0 Å². The first-order valence-electron chi connectivity index (χ1n) is 10.4. The summed E-state index contributed by atoms with van der Waals surface area (Å²) in [4.78, 5) is 20.0. The number of alkyl halides is 3. The molecule has 32 heavy (non-hydrogen) atoms. The molecule has 0 unspecified atom stereocenters. The van der Waals surface area contributed by atoms with Crippen LogP contribution in [0.5, 0.6) is 0 Å². The molecular formula is C21H23F3N6O2. The Kier molecular flexibility index (Phi) is 4.86. The van der Waals surface area contributed by atoms with Crippen molar-refractivity contribution in [2.75, 3.05) is 37.8 Å². The van der Waals surface area contributed by atoms with E-state index in [-0.39, 0.29) is 17.1 Å². The summed E-state index contributed by atoms with van der Waals surface area (Å²) in [6, 6.07) is 1.03. The first-order valence-corrected chi connectivity index (χ1v) is 10.4. The number of pyridine rings is 1. The van der Waals surface area contributed by atoms with Crippen molar-refractivity contribution in [3.05, 3.63) is 29.3 Å². The van der Waals surface area contributed by atoms with E-state index in [1.165, 1.54) is 13.1 Å². The van der Waals surface area contributed by atoms with E-state index < -0.39 is 17.3 Å². The van der Waals surface area contributed by atoms with Crippen LogP contribution in [0, 0.1) is 6.92 Å². The summed E-state index contributed by atoms with van der Waals surface area (Å²) in [6.45, 7) is 8.45. The van der Waals surface area contributed by atoms with Gasteiger partial charge in [0.1, 0.15) is 11.4 Å². The number of hydrogen-bond acceptors (Lipinski definition) is 7. The van der Waals surface area contributed by atoms with Crippen molar-refractivity contribution in [1.82, 2.24) is 24.5 Å². The van der Waals surface area contributed by atoms with E-state index in [2.05, 4.69) is 15.0 Å². The van der Waals surface area contributed by atoms with E-state index in [0.717, 1.165) is 6.07 Å². The summed E-state index contributed by atoms with van der Waals surface area (Å²) >= 11 is 0. The van der Waals surface area contributed by atoms with Gasteiger partial charge in [0.25, 0.3) is 0 Å². The Morgan fingerprint density at radius 2 is 1.78 bits per heavy atom. The maximum atomic E-state index is 13.9. The number of halogens is 3. The highest BCUT2D eigenvalue weighted by Gasteiger charge is 2.37. The van der Waals surface area contributed by atoms with Crippen LogP contribution in [-0.4, -0.2) is 57.4 Å². The number of ether oxygens (including phenoxy) is 2. The Balaban J connectivity index is 1.79. The second-order valence-corrected chi connectivity index (χ2v) is 8.46. The van der Waals surface area contributed by atoms with Crippen LogP contribution >= 0.6 is 0 Å².